The first-order chi connectivity index (χ1) is 8.72. The Kier molecular flexibility index (Phi) is 3.30. The van der Waals surface area contributed by atoms with Gasteiger partial charge in [-0.25, -0.2) is 0 Å². The quantitative estimate of drug-likeness (QED) is 0.855. The Balaban J connectivity index is 1.60. The maximum atomic E-state index is 12.1. The van der Waals surface area contributed by atoms with E-state index in [0.717, 1.165) is 11.4 Å². The molecule has 0 spiro atoms. The largest absolute Gasteiger partial charge is 0.303 e. The van der Waals surface area contributed by atoms with Gasteiger partial charge in [0.15, 0.2) is 0 Å². The van der Waals surface area contributed by atoms with Gasteiger partial charge in [0, 0.05) is 6.04 Å². The summed E-state index contributed by atoms with van der Waals surface area (Å²) in [6, 6.07) is 0.493. The van der Waals surface area contributed by atoms with Crippen LogP contribution in [0, 0.1) is 12.8 Å². The maximum Gasteiger partial charge on any atom is 0.243 e. The molecular weight excluding hydrogens is 248 g/mol. The van der Waals surface area contributed by atoms with Crippen molar-refractivity contribution in [1.29, 1.82) is 0 Å². The molecule has 1 aromatic rings. The van der Waals surface area contributed by atoms with E-state index in [1.54, 1.807) is 0 Å². The number of amides is 1. The molecule has 6 heteroatoms. The van der Waals surface area contributed by atoms with Gasteiger partial charge in [-0.2, -0.15) is 0 Å². The Hall–Kier alpha value is -1.01. The zero-order valence-electron chi connectivity index (χ0n) is 10.5. The summed E-state index contributed by atoms with van der Waals surface area (Å²) in [5, 5.41) is 15.6. The number of aryl methyl sites for hydroxylation is 1. The van der Waals surface area contributed by atoms with E-state index < -0.39 is 0 Å². The number of nitrogens with zero attached hydrogens (tertiary/aromatic N) is 2. The minimum absolute atomic E-state index is 0.0422. The van der Waals surface area contributed by atoms with Crippen LogP contribution in [0.1, 0.15) is 37.1 Å². The Morgan fingerprint density at radius 1 is 1.39 bits per heavy atom. The fourth-order valence-corrected chi connectivity index (χ4v) is 3.66. The second-order valence-corrected chi connectivity index (χ2v) is 6.40. The summed E-state index contributed by atoms with van der Waals surface area (Å²) in [5.41, 5.74) is 0. The Bertz CT molecular complexity index is 433. The first kappa shape index (κ1) is 12.0. The second kappa shape index (κ2) is 4.93. The molecule has 0 radical (unpaired) electrons. The molecule has 2 aliphatic rings. The van der Waals surface area contributed by atoms with Gasteiger partial charge in [-0.15, -0.1) is 10.2 Å². The number of rotatable bonds is 2. The smallest absolute Gasteiger partial charge is 0.243 e. The third-order valence-corrected chi connectivity index (χ3v) is 4.69. The van der Waals surface area contributed by atoms with E-state index in [-0.39, 0.29) is 11.9 Å². The Labute approximate surface area is 110 Å². The van der Waals surface area contributed by atoms with Crippen LogP contribution >= 0.6 is 11.3 Å². The van der Waals surface area contributed by atoms with Gasteiger partial charge in [-0.05, 0) is 32.1 Å². The summed E-state index contributed by atoms with van der Waals surface area (Å²) in [4.78, 5) is 12.1. The van der Waals surface area contributed by atoms with Crippen molar-refractivity contribution in [2.75, 3.05) is 5.32 Å². The SMILES string of the molecule is Cc1nnc(NC(=O)C2CC3CCCCC3N2)s1. The van der Waals surface area contributed by atoms with Crippen molar-refractivity contribution < 1.29 is 4.79 Å². The average Bonchev–Trinajstić information content (AvgIpc) is 2.95. The molecule has 98 valence electrons. The lowest BCUT2D eigenvalue weighted by molar-refractivity contribution is -0.117. The van der Waals surface area contributed by atoms with Gasteiger partial charge in [0.2, 0.25) is 11.0 Å². The van der Waals surface area contributed by atoms with Crippen LogP contribution in [-0.4, -0.2) is 28.2 Å². The van der Waals surface area contributed by atoms with Gasteiger partial charge >= 0.3 is 0 Å². The van der Waals surface area contributed by atoms with Gasteiger partial charge in [0.1, 0.15) is 5.01 Å². The van der Waals surface area contributed by atoms with Crippen LogP contribution in [0.3, 0.4) is 0 Å². The highest BCUT2D eigenvalue weighted by molar-refractivity contribution is 7.15. The molecule has 5 nitrogen and oxygen atoms in total. The van der Waals surface area contributed by atoms with Crippen LogP contribution < -0.4 is 10.6 Å². The van der Waals surface area contributed by atoms with E-state index in [9.17, 15) is 4.79 Å². The maximum absolute atomic E-state index is 12.1. The van der Waals surface area contributed by atoms with Crippen molar-refractivity contribution in [1.82, 2.24) is 15.5 Å². The van der Waals surface area contributed by atoms with Crippen molar-refractivity contribution in [2.24, 2.45) is 5.92 Å². The number of nitrogens with one attached hydrogen (secondary N) is 2. The van der Waals surface area contributed by atoms with E-state index in [1.165, 1.54) is 37.0 Å². The first-order valence-corrected chi connectivity index (χ1v) is 7.41. The number of hydrogen-bond acceptors (Lipinski definition) is 5. The summed E-state index contributed by atoms with van der Waals surface area (Å²) in [7, 11) is 0. The molecule has 3 atom stereocenters. The molecule has 2 N–H and O–H groups in total. The normalized spacial score (nSPS) is 31.1. The molecule has 0 aromatic carbocycles. The third-order valence-electron chi connectivity index (χ3n) is 3.94. The van der Waals surface area contributed by atoms with Crippen molar-refractivity contribution in [3.8, 4) is 0 Å². The number of carbonyl (C=O) groups excluding carboxylic acids is 1. The number of hydrogen-bond donors (Lipinski definition) is 2. The highest BCUT2D eigenvalue weighted by Crippen LogP contribution is 2.33. The van der Waals surface area contributed by atoms with E-state index >= 15 is 0 Å². The Morgan fingerprint density at radius 3 is 2.94 bits per heavy atom. The number of fused-ring (bicyclic) bond motifs is 1. The second-order valence-electron chi connectivity index (χ2n) is 5.22. The van der Waals surface area contributed by atoms with Crippen LogP contribution in [0.4, 0.5) is 5.13 Å². The molecule has 1 aliphatic carbocycles. The van der Waals surface area contributed by atoms with Gasteiger partial charge in [-0.1, -0.05) is 24.2 Å². The predicted molar refractivity (Wildman–Crippen MR) is 70.6 cm³/mol. The van der Waals surface area contributed by atoms with Crippen LogP contribution in [0.5, 0.6) is 0 Å². The molecule has 1 saturated heterocycles. The van der Waals surface area contributed by atoms with Gasteiger partial charge in [0.05, 0.1) is 6.04 Å². The molecule has 1 aliphatic heterocycles. The minimum atomic E-state index is -0.0534. The fourth-order valence-electron chi connectivity index (χ4n) is 3.06. The van der Waals surface area contributed by atoms with Crippen molar-refractivity contribution >= 4 is 22.4 Å². The van der Waals surface area contributed by atoms with Crippen LogP contribution in [0.25, 0.3) is 0 Å². The lowest BCUT2D eigenvalue weighted by Gasteiger charge is -2.24. The summed E-state index contributed by atoms with van der Waals surface area (Å²) in [6.07, 6.45) is 6.05. The topological polar surface area (TPSA) is 66.9 Å². The predicted octanol–water partition coefficient (Wildman–Crippen LogP) is 1.71. The minimum Gasteiger partial charge on any atom is -0.303 e. The average molecular weight is 266 g/mol. The van der Waals surface area contributed by atoms with Crippen LogP contribution in [0.15, 0.2) is 0 Å². The van der Waals surface area contributed by atoms with Gasteiger partial charge in [0.25, 0.3) is 0 Å². The molecular formula is C12H18N4OS. The van der Waals surface area contributed by atoms with Crippen molar-refractivity contribution in [3.05, 3.63) is 5.01 Å². The molecule has 1 saturated carbocycles. The Morgan fingerprint density at radius 2 is 2.22 bits per heavy atom. The third kappa shape index (κ3) is 2.40. The van der Waals surface area contributed by atoms with Crippen LogP contribution in [0.2, 0.25) is 0 Å². The molecule has 18 heavy (non-hydrogen) atoms. The summed E-state index contributed by atoms with van der Waals surface area (Å²) in [6.45, 7) is 1.88. The van der Waals surface area contributed by atoms with Crippen LogP contribution in [-0.2, 0) is 4.79 Å². The molecule has 3 rings (SSSR count). The van der Waals surface area contributed by atoms with E-state index in [0.29, 0.717) is 17.1 Å². The monoisotopic (exact) mass is 266 g/mol. The molecule has 0 bridgehead atoms. The van der Waals surface area contributed by atoms with Crippen molar-refractivity contribution in [3.63, 3.8) is 0 Å². The summed E-state index contributed by atoms with van der Waals surface area (Å²) >= 11 is 1.42. The fraction of sp³-hybridized carbons (Fsp3) is 0.750. The highest BCUT2D eigenvalue weighted by Gasteiger charge is 2.38. The summed E-state index contributed by atoms with van der Waals surface area (Å²) < 4.78 is 0. The number of anilines is 1. The van der Waals surface area contributed by atoms with E-state index in [2.05, 4.69) is 20.8 Å². The first-order valence-electron chi connectivity index (χ1n) is 6.59. The zero-order valence-corrected chi connectivity index (χ0v) is 11.3. The standard InChI is InChI=1S/C12H18N4OS/c1-7-15-16-12(18-7)14-11(17)10-6-8-4-2-3-5-9(8)13-10/h8-10,13H,2-6H2,1H3,(H,14,16,17). The lowest BCUT2D eigenvalue weighted by Crippen LogP contribution is -2.39. The van der Waals surface area contributed by atoms with Crippen molar-refractivity contribution in [2.45, 2.75) is 51.1 Å². The number of carbonyl (C=O) groups is 1. The van der Waals surface area contributed by atoms with Gasteiger partial charge < -0.3 is 5.32 Å². The molecule has 2 heterocycles. The molecule has 3 unspecified atom stereocenters. The summed E-state index contributed by atoms with van der Waals surface area (Å²) in [5.74, 6) is 0.728. The zero-order chi connectivity index (χ0) is 12.5. The molecule has 2 fully saturated rings. The number of aromatic nitrogens is 2. The molecule has 1 amide bonds. The van der Waals surface area contributed by atoms with E-state index in [4.69, 9.17) is 0 Å². The van der Waals surface area contributed by atoms with E-state index in [1.807, 2.05) is 6.92 Å². The lowest BCUT2D eigenvalue weighted by atomic mass is 9.85. The van der Waals surface area contributed by atoms with Gasteiger partial charge in [-0.3, -0.25) is 10.1 Å². The molecule has 1 aromatic heterocycles. The highest BCUT2D eigenvalue weighted by atomic mass is 32.1.